The van der Waals surface area contributed by atoms with Gasteiger partial charge in [-0.05, 0) is 35.4 Å². The Morgan fingerprint density at radius 2 is 1.44 bits per heavy atom. The maximum atomic E-state index is 13.0. The highest BCUT2D eigenvalue weighted by Crippen LogP contribution is 2.40. The van der Waals surface area contributed by atoms with Crippen LogP contribution in [0.3, 0.4) is 0 Å². The summed E-state index contributed by atoms with van der Waals surface area (Å²) in [4.78, 5) is 0. The number of ether oxygens (including phenoxy) is 2. The average molecular weight is 372 g/mol. The molecule has 0 N–H and O–H groups in total. The first-order valence-electron chi connectivity index (χ1n) is 6.48. The predicted octanol–water partition coefficient (Wildman–Crippen LogP) is 5.87. The van der Waals surface area contributed by atoms with Crippen molar-refractivity contribution in [2.75, 3.05) is 0 Å². The third-order valence-corrected chi connectivity index (χ3v) is 2.90. The van der Waals surface area contributed by atoms with Crippen molar-refractivity contribution in [2.45, 2.75) is 19.2 Å². The van der Waals surface area contributed by atoms with Crippen molar-refractivity contribution in [1.29, 1.82) is 0 Å². The standard InChI is InChI=1S/C15H8F8O2/c16-13(17)24-12-5-4-9(7-11(12)14(18,19)20)8-2-1-3-10(6-8)25-15(21,22)23/h1-7,13H. The van der Waals surface area contributed by atoms with E-state index in [0.717, 1.165) is 24.3 Å². The second-order valence-corrected chi connectivity index (χ2v) is 4.66. The zero-order chi connectivity index (χ0) is 18.8. The third-order valence-electron chi connectivity index (χ3n) is 2.90. The van der Waals surface area contributed by atoms with Crippen molar-refractivity contribution in [1.82, 2.24) is 0 Å². The van der Waals surface area contributed by atoms with E-state index in [9.17, 15) is 35.1 Å². The Hall–Kier alpha value is -2.52. The molecule has 10 heteroatoms. The van der Waals surface area contributed by atoms with Crippen LogP contribution in [0, 0.1) is 0 Å². The number of alkyl halides is 8. The minimum atomic E-state index is -5.00. The normalized spacial score (nSPS) is 12.4. The SMILES string of the molecule is FC(F)Oc1ccc(-c2cccc(OC(F)(F)F)c2)cc1C(F)(F)F. The molecule has 0 saturated carbocycles. The van der Waals surface area contributed by atoms with Crippen LogP contribution in [0.15, 0.2) is 42.5 Å². The second-order valence-electron chi connectivity index (χ2n) is 4.66. The number of hydrogen-bond acceptors (Lipinski definition) is 2. The van der Waals surface area contributed by atoms with Crippen LogP contribution in [0.2, 0.25) is 0 Å². The van der Waals surface area contributed by atoms with Gasteiger partial charge in [0.15, 0.2) is 0 Å². The van der Waals surface area contributed by atoms with Crippen molar-refractivity contribution < 1.29 is 44.6 Å². The Morgan fingerprint density at radius 3 is 2.00 bits per heavy atom. The molecule has 0 aliphatic carbocycles. The summed E-state index contributed by atoms with van der Waals surface area (Å²) in [5.41, 5.74) is -1.66. The molecular weight excluding hydrogens is 364 g/mol. The highest BCUT2D eigenvalue weighted by Gasteiger charge is 2.35. The van der Waals surface area contributed by atoms with Gasteiger partial charge in [0.2, 0.25) is 0 Å². The van der Waals surface area contributed by atoms with E-state index in [1.54, 1.807) is 0 Å². The van der Waals surface area contributed by atoms with Crippen molar-refractivity contribution in [3.8, 4) is 22.6 Å². The Kier molecular flexibility index (Phi) is 5.09. The van der Waals surface area contributed by atoms with Crippen molar-refractivity contribution in [2.24, 2.45) is 0 Å². The molecule has 0 radical (unpaired) electrons. The maximum absolute atomic E-state index is 13.0. The topological polar surface area (TPSA) is 18.5 Å². The van der Waals surface area contributed by atoms with Crippen LogP contribution in [0.1, 0.15) is 5.56 Å². The number of halogens is 8. The van der Waals surface area contributed by atoms with Crippen LogP contribution >= 0.6 is 0 Å². The summed E-state index contributed by atoms with van der Waals surface area (Å²) in [6.07, 6.45) is -9.97. The molecule has 0 fully saturated rings. The quantitative estimate of drug-likeness (QED) is 0.625. The molecule has 25 heavy (non-hydrogen) atoms. The van der Waals surface area contributed by atoms with E-state index in [1.807, 2.05) is 0 Å². The van der Waals surface area contributed by atoms with Crippen LogP contribution in [-0.2, 0) is 6.18 Å². The summed E-state index contributed by atoms with van der Waals surface area (Å²) < 4.78 is 108. The molecule has 0 heterocycles. The first kappa shape index (κ1) is 18.8. The van der Waals surface area contributed by atoms with Crippen molar-refractivity contribution in [3.63, 3.8) is 0 Å². The number of rotatable bonds is 4. The molecule has 0 saturated heterocycles. The molecule has 2 nitrogen and oxygen atoms in total. The molecule has 0 spiro atoms. The molecule has 0 aliphatic heterocycles. The Labute approximate surface area is 135 Å². The Bertz CT molecular complexity index is 737. The molecule has 2 rings (SSSR count). The largest absolute Gasteiger partial charge is 0.573 e. The fraction of sp³-hybridized carbons (Fsp3) is 0.200. The van der Waals surface area contributed by atoms with Gasteiger partial charge >= 0.3 is 19.2 Å². The second kappa shape index (κ2) is 6.77. The lowest BCUT2D eigenvalue weighted by Gasteiger charge is -2.15. The summed E-state index contributed by atoms with van der Waals surface area (Å²) in [5, 5.41) is 0. The Balaban J connectivity index is 2.45. The summed E-state index contributed by atoms with van der Waals surface area (Å²) in [6, 6.07) is 6.41. The van der Waals surface area contributed by atoms with Gasteiger partial charge in [0.1, 0.15) is 11.5 Å². The number of benzene rings is 2. The molecule has 0 aromatic heterocycles. The van der Waals surface area contributed by atoms with Gasteiger partial charge in [-0.1, -0.05) is 18.2 Å². The van der Waals surface area contributed by atoms with Crippen molar-refractivity contribution in [3.05, 3.63) is 48.0 Å². The zero-order valence-corrected chi connectivity index (χ0v) is 12.0. The molecule has 0 unspecified atom stereocenters. The van der Waals surface area contributed by atoms with Crippen molar-refractivity contribution >= 4 is 0 Å². The number of hydrogen-bond donors (Lipinski definition) is 0. The molecule has 0 amide bonds. The highest BCUT2D eigenvalue weighted by molar-refractivity contribution is 5.67. The van der Waals surface area contributed by atoms with Crippen LogP contribution in [-0.4, -0.2) is 13.0 Å². The van der Waals surface area contributed by atoms with E-state index in [1.165, 1.54) is 6.07 Å². The maximum Gasteiger partial charge on any atom is 0.573 e. The fourth-order valence-corrected chi connectivity index (χ4v) is 2.00. The molecule has 2 aromatic rings. The zero-order valence-electron chi connectivity index (χ0n) is 12.0. The summed E-state index contributed by atoms with van der Waals surface area (Å²) in [6.45, 7) is -3.46. The lowest BCUT2D eigenvalue weighted by atomic mass is 10.0. The lowest BCUT2D eigenvalue weighted by molar-refractivity contribution is -0.274. The third kappa shape index (κ3) is 5.23. The summed E-state index contributed by atoms with van der Waals surface area (Å²) in [7, 11) is 0. The van der Waals surface area contributed by atoms with Gasteiger partial charge in [0.05, 0.1) is 5.56 Å². The predicted molar refractivity (Wildman–Crippen MR) is 70.2 cm³/mol. The van der Waals surface area contributed by atoms with Crippen LogP contribution in [0.25, 0.3) is 11.1 Å². The van der Waals surface area contributed by atoms with Crippen LogP contribution in [0.4, 0.5) is 35.1 Å². The summed E-state index contributed by atoms with van der Waals surface area (Å²) >= 11 is 0. The van der Waals surface area contributed by atoms with Crippen LogP contribution in [0.5, 0.6) is 11.5 Å². The fourth-order valence-electron chi connectivity index (χ4n) is 2.00. The van der Waals surface area contributed by atoms with E-state index >= 15 is 0 Å². The van der Waals surface area contributed by atoms with E-state index in [0.29, 0.717) is 12.1 Å². The van der Waals surface area contributed by atoms with E-state index < -0.39 is 36.2 Å². The van der Waals surface area contributed by atoms with Gasteiger partial charge in [0.25, 0.3) is 0 Å². The van der Waals surface area contributed by atoms with Gasteiger partial charge in [-0.25, -0.2) is 0 Å². The molecular formula is C15H8F8O2. The Morgan fingerprint density at radius 1 is 0.800 bits per heavy atom. The molecule has 136 valence electrons. The van der Waals surface area contributed by atoms with Gasteiger partial charge in [-0.2, -0.15) is 22.0 Å². The molecule has 0 aliphatic rings. The van der Waals surface area contributed by atoms with Gasteiger partial charge in [0, 0.05) is 0 Å². The van der Waals surface area contributed by atoms with Gasteiger partial charge in [-0.15, -0.1) is 13.2 Å². The lowest BCUT2D eigenvalue weighted by Crippen LogP contribution is -2.17. The summed E-state index contributed by atoms with van der Waals surface area (Å²) in [5.74, 6) is -1.72. The average Bonchev–Trinajstić information content (AvgIpc) is 2.44. The highest BCUT2D eigenvalue weighted by atomic mass is 19.4. The monoisotopic (exact) mass is 372 g/mol. The first-order valence-corrected chi connectivity index (χ1v) is 6.48. The molecule has 0 atom stereocenters. The molecule has 0 bridgehead atoms. The van der Waals surface area contributed by atoms with E-state index in [4.69, 9.17) is 0 Å². The van der Waals surface area contributed by atoms with Gasteiger partial charge < -0.3 is 9.47 Å². The van der Waals surface area contributed by atoms with Crippen LogP contribution < -0.4 is 9.47 Å². The minimum absolute atomic E-state index is 0.0316. The van der Waals surface area contributed by atoms with Gasteiger partial charge in [-0.3, -0.25) is 0 Å². The van der Waals surface area contributed by atoms with E-state index in [-0.39, 0.29) is 11.1 Å². The first-order chi connectivity index (χ1) is 11.5. The minimum Gasteiger partial charge on any atom is -0.434 e. The van der Waals surface area contributed by atoms with E-state index in [2.05, 4.69) is 9.47 Å². The smallest absolute Gasteiger partial charge is 0.434 e. The molecule has 2 aromatic carbocycles.